The van der Waals surface area contributed by atoms with Gasteiger partial charge in [0, 0.05) is 41.2 Å². The van der Waals surface area contributed by atoms with Gasteiger partial charge in [0.1, 0.15) is 0 Å². The van der Waals surface area contributed by atoms with Crippen LogP contribution in [-0.2, 0) is 4.79 Å². The highest BCUT2D eigenvalue weighted by Crippen LogP contribution is 2.48. The second kappa shape index (κ2) is 6.98. The van der Waals surface area contributed by atoms with Crippen LogP contribution in [0, 0.1) is 0 Å². The summed E-state index contributed by atoms with van der Waals surface area (Å²) in [6.07, 6.45) is 1.99. The van der Waals surface area contributed by atoms with Crippen LogP contribution < -0.4 is 0 Å². The van der Waals surface area contributed by atoms with Crippen molar-refractivity contribution in [3.63, 3.8) is 0 Å². The van der Waals surface area contributed by atoms with Crippen LogP contribution in [0.5, 0.6) is 0 Å². The fourth-order valence-corrected chi connectivity index (χ4v) is 4.38. The number of rotatable bonds is 4. The lowest BCUT2D eigenvalue weighted by Gasteiger charge is -2.28. The van der Waals surface area contributed by atoms with Crippen molar-refractivity contribution in [1.29, 1.82) is 0 Å². The van der Waals surface area contributed by atoms with E-state index in [1.165, 1.54) is 20.9 Å². The van der Waals surface area contributed by atoms with Gasteiger partial charge in [-0.15, -0.1) is 0 Å². The van der Waals surface area contributed by atoms with Crippen molar-refractivity contribution in [2.45, 2.75) is 35.5 Å². The van der Waals surface area contributed by atoms with E-state index in [9.17, 15) is 4.79 Å². The van der Waals surface area contributed by atoms with Gasteiger partial charge in [-0.1, -0.05) is 41.6 Å². The van der Waals surface area contributed by atoms with E-state index in [-0.39, 0.29) is 5.91 Å². The third kappa shape index (κ3) is 3.56. The van der Waals surface area contributed by atoms with E-state index in [2.05, 4.69) is 36.4 Å². The van der Waals surface area contributed by atoms with Gasteiger partial charge in [-0.05, 0) is 48.2 Å². The molecule has 1 amide bonds. The molecule has 0 radical (unpaired) electrons. The van der Waals surface area contributed by atoms with Crippen LogP contribution in [0.3, 0.4) is 0 Å². The molecule has 0 saturated carbocycles. The number of benzene rings is 2. The Bertz CT molecular complexity index is 731. The first kappa shape index (κ1) is 16.4. The first-order valence-corrected chi connectivity index (χ1v) is 9.03. The van der Waals surface area contributed by atoms with Crippen molar-refractivity contribution < 1.29 is 4.79 Å². The van der Waals surface area contributed by atoms with Gasteiger partial charge in [-0.2, -0.15) is 0 Å². The van der Waals surface area contributed by atoms with Crippen LogP contribution in [0.4, 0.5) is 0 Å². The minimum atomic E-state index is 0.119. The van der Waals surface area contributed by atoms with Gasteiger partial charge in [-0.3, -0.25) is 4.79 Å². The zero-order valence-corrected chi connectivity index (χ0v) is 15.0. The zero-order chi connectivity index (χ0) is 16.4. The molecule has 2 nitrogen and oxygen atoms in total. The van der Waals surface area contributed by atoms with Crippen LogP contribution in [0.2, 0.25) is 5.02 Å². The van der Waals surface area contributed by atoms with Gasteiger partial charge in [-0.25, -0.2) is 0 Å². The van der Waals surface area contributed by atoms with Gasteiger partial charge < -0.3 is 4.90 Å². The maximum Gasteiger partial charge on any atom is 0.219 e. The maximum absolute atomic E-state index is 11.4. The number of amides is 1. The Kier molecular flexibility index (Phi) is 4.98. The predicted octanol–water partition coefficient (Wildman–Crippen LogP) is 5.20. The number of carbonyl (C=O) groups excluding carboxylic acids is 1. The number of fused-ring (bicyclic) bond motifs is 2. The molecule has 0 fully saturated rings. The molecule has 1 aliphatic rings. The van der Waals surface area contributed by atoms with Crippen LogP contribution in [0.25, 0.3) is 0 Å². The molecule has 0 spiro atoms. The van der Waals surface area contributed by atoms with Gasteiger partial charge in [0.2, 0.25) is 5.91 Å². The van der Waals surface area contributed by atoms with E-state index in [1.807, 2.05) is 24.9 Å². The fraction of sp³-hybridized carbons (Fsp3) is 0.316. The standard InChI is InChI=1S/C19H20ClNOS/c1-13(22)21(2)11-5-7-15-16-6-3-4-8-18(16)23-19-10-9-14(20)12-17(15)19/h3-4,6,8-10,12,15H,5,7,11H2,1-2H3. The minimum absolute atomic E-state index is 0.119. The quantitative estimate of drug-likeness (QED) is 0.759. The number of halogens is 1. The van der Waals surface area contributed by atoms with E-state index in [4.69, 9.17) is 11.6 Å². The Morgan fingerprint density at radius 3 is 2.70 bits per heavy atom. The third-order valence-electron chi connectivity index (χ3n) is 4.39. The molecule has 1 aliphatic heterocycles. The molecule has 2 aromatic carbocycles. The molecule has 120 valence electrons. The van der Waals surface area contributed by atoms with E-state index in [1.54, 1.807) is 11.8 Å². The van der Waals surface area contributed by atoms with Crippen molar-refractivity contribution in [2.75, 3.05) is 13.6 Å². The second-order valence-electron chi connectivity index (χ2n) is 5.96. The molecule has 0 bridgehead atoms. The molecule has 2 aromatic rings. The molecule has 1 atom stereocenters. The van der Waals surface area contributed by atoms with Crippen LogP contribution in [-0.4, -0.2) is 24.4 Å². The summed E-state index contributed by atoms with van der Waals surface area (Å²) < 4.78 is 0. The Labute approximate surface area is 146 Å². The van der Waals surface area contributed by atoms with E-state index in [0.29, 0.717) is 5.92 Å². The highest BCUT2D eigenvalue weighted by atomic mass is 35.5. The summed E-state index contributed by atoms with van der Waals surface area (Å²) in [7, 11) is 1.86. The fourth-order valence-electron chi connectivity index (χ4n) is 3.03. The SMILES string of the molecule is CC(=O)N(C)CCCC1c2ccccc2Sc2ccc(Cl)cc21. The Balaban J connectivity index is 1.86. The molecule has 1 unspecified atom stereocenters. The molecule has 0 saturated heterocycles. The first-order valence-electron chi connectivity index (χ1n) is 7.84. The lowest BCUT2D eigenvalue weighted by molar-refractivity contribution is -0.127. The molecule has 0 aromatic heterocycles. The number of carbonyl (C=O) groups is 1. The first-order chi connectivity index (χ1) is 11.1. The lowest BCUT2D eigenvalue weighted by atomic mass is 9.87. The normalized spacial score (nSPS) is 15.7. The highest BCUT2D eigenvalue weighted by Gasteiger charge is 2.26. The van der Waals surface area contributed by atoms with Gasteiger partial charge in [0.05, 0.1) is 0 Å². The molecular weight excluding hydrogens is 326 g/mol. The topological polar surface area (TPSA) is 20.3 Å². The molecule has 23 heavy (non-hydrogen) atoms. The molecule has 1 heterocycles. The predicted molar refractivity (Wildman–Crippen MR) is 96.4 cm³/mol. The number of nitrogens with zero attached hydrogens (tertiary/aromatic N) is 1. The van der Waals surface area contributed by atoms with E-state index in [0.717, 1.165) is 24.4 Å². The summed E-state index contributed by atoms with van der Waals surface area (Å²) >= 11 is 8.05. The monoisotopic (exact) mass is 345 g/mol. The van der Waals surface area contributed by atoms with Crippen LogP contribution in [0.15, 0.2) is 52.3 Å². The summed E-state index contributed by atoms with van der Waals surface area (Å²) in [4.78, 5) is 15.8. The number of hydrogen-bond acceptors (Lipinski definition) is 2. The number of hydrogen-bond donors (Lipinski definition) is 0. The molecule has 3 rings (SSSR count). The Hall–Kier alpha value is -1.45. The van der Waals surface area contributed by atoms with Gasteiger partial charge in [0.15, 0.2) is 0 Å². The minimum Gasteiger partial charge on any atom is -0.346 e. The van der Waals surface area contributed by atoms with Gasteiger partial charge in [0.25, 0.3) is 0 Å². The van der Waals surface area contributed by atoms with Crippen molar-refractivity contribution >= 4 is 29.3 Å². The average Bonchev–Trinajstić information content (AvgIpc) is 2.54. The highest BCUT2D eigenvalue weighted by molar-refractivity contribution is 7.99. The van der Waals surface area contributed by atoms with Crippen LogP contribution in [0.1, 0.15) is 36.8 Å². The van der Waals surface area contributed by atoms with E-state index < -0.39 is 0 Å². The van der Waals surface area contributed by atoms with Crippen LogP contribution >= 0.6 is 23.4 Å². The van der Waals surface area contributed by atoms with Crippen molar-refractivity contribution in [3.8, 4) is 0 Å². The largest absolute Gasteiger partial charge is 0.346 e. The Morgan fingerprint density at radius 2 is 1.91 bits per heavy atom. The zero-order valence-electron chi connectivity index (χ0n) is 13.4. The molecule has 0 N–H and O–H groups in total. The molecule has 0 aliphatic carbocycles. The van der Waals surface area contributed by atoms with E-state index >= 15 is 0 Å². The molecule has 4 heteroatoms. The maximum atomic E-state index is 11.4. The van der Waals surface area contributed by atoms with Crippen molar-refractivity contribution in [1.82, 2.24) is 4.90 Å². The third-order valence-corrected chi connectivity index (χ3v) is 5.80. The summed E-state index contributed by atoms with van der Waals surface area (Å²) in [6.45, 7) is 2.40. The van der Waals surface area contributed by atoms with Gasteiger partial charge >= 0.3 is 0 Å². The lowest BCUT2D eigenvalue weighted by Crippen LogP contribution is -2.25. The Morgan fingerprint density at radius 1 is 1.17 bits per heavy atom. The second-order valence-corrected chi connectivity index (χ2v) is 7.48. The average molecular weight is 346 g/mol. The molecular formula is C19H20ClNOS. The summed E-state index contributed by atoms with van der Waals surface area (Å²) in [5, 5.41) is 0.787. The van der Waals surface area contributed by atoms with Crippen molar-refractivity contribution in [2.24, 2.45) is 0 Å². The summed E-state index contributed by atoms with van der Waals surface area (Å²) in [5.74, 6) is 0.467. The summed E-state index contributed by atoms with van der Waals surface area (Å²) in [6, 6.07) is 14.8. The van der Waals surface area contributed by atoms with Crippen molar-refractivity contribution in [3.05, 3.63) is 58.6 Å². The summed E-state index contributed by atoms with van der Waals surface area (Å²) in [5.41, 5.74) is 2.68. The smallest absolute Gasteiger partial charge is 0.219 e.